The fourth-order valence-electron chi connectivity index (χ4n) is 2.69. The molecule has 0 unspecified atom stereocenters. The Morgan fingerprint density at radius 1 is 1.22 bits per heavy atom. The van der Waals surface area contributed by atoms with E-state index in [9.17, 15) is 4.39 Å². The highest BCUT2D eigenvalue weighted by molar-refractivity contribution is 7.16. The molecule has 1 aromatic carbocycles. The quantitative estimate of drug-likeness (QED) is 0.426. The Balaban J connectivity index is 1.40. The van der Waals surface area contributed by atoms with Crippen LogP contribution in [0.25, 0.3) is 27.4 Å². The fourth-order valence-corrected chi connectivity index (χ4v) is 3.64. The molecule has 0 saturated carbocycles. The zero-order valence-corrected chi connectivity index (χ0v) is 15.2. The molecule has 0 aliphatic carbocycles. The lowest BCUT2D eigenvalue weighted by molar-refractivity contribution is 0.271. The van der Waals surface area contributed by atoms with E-state index >= 15 is 0 Å². The van der Waals surface area contributed by atoms with Gasteiger partial charge in [0.15, 0.2) is 11.4 Å². The molecule has 5 rings (SSSR count). The topological polar surface area (TPSA) is 65.5 Å². The lowest BCUT2D eigenvalue weighted by Gasteiger charge is -2.05. The summed E-state index contributed by atoms with van der Waals surface area (Å²) < 4.78 is 26.1. The highest BCUT2D eigenvalue weighted by Crippen LogP contribution is 2.28. The molecule has 9 heteroatoms. The molecule has 0 aliphatic heterocycles. The first-order valence-corrected chi connectivity index (χ1v) is 9.19. The predicted molar refractivity (Wildman–Crippen MR) is 99.6 cm³/mol. The molecule has 134 valence electrons. The van der Waals surface area contributed by atoms with Gasteiger partial charge in [0.1, 0.15) is 35.1 Å². The van der Waals surface area contributed by atoms with Gasteiger partial charge in [-0.25, -0.2) is 18.9 Å². The van der Waals surface area contributed by atoms with Gasteiger partial charge in [0, 0.05) is 0 Å². The highest BCUT2D eigenvalue weighted by atomic mass is 35.5. The number of rotatable bonds is 4. The number of fused-ring (bicyclic) bond motifs is 3. The van der Waals surface area contributed by atoms with Crippen molar-refractivity contribution in [3.63, 3.8) is 0 Å². The maximum absolute atomic E-state index is 13.1. The number of hydrogen-bond acceptors (Lipinski definition) is 6. The third kappa shape index (κ3) is 2.92. The third-order valence-corrected chi connectivity index (χ3v) is 5.06. The van der Waals surface area contributed by atoms with E-state index in [4.69, 9.17) is 20.8 Å². The number of halogens is 2. The van der Waals surface area contributed by atoms with E-state index < -0.39 is 5.82 Å². The largest absolute Gasteiger partial charge is 0.484 e. The summed E-state index contributed by atoms with van der Waals surface area (Å²) in [6.07, 6.45) is 1.63. The van der Waals surface area contributed by atoms with Crippen molar-refractivity contribution in [1.29, 1.82) is 0 Å². The van der Waals surface area contributed by atoms with Crippen LogP contribution in [0.1, 0.15) is 5.76 Å². The van der Waals surface area contributed by atoms with E-state index in [1.54, 1.807) is 34.3 Å². The molecule has 6 nitrogen and oxygen atoms in total. The Morgan fingerprint density at radius 2 is 2.15 bits per heavy atom. The van der Waals surface area contributed by atoms with Crippen LogP contribution >= 0.6 is 22.9 Å². The number of nitrogens with zero attached hydrogens (tertiary/aromatic N) is 4. The molecule has 27 heavy (non-hydrogen) atoms. The molecule has 0 atom stereocenters. The molecule has 0 saturated heterocycles. The summed E-state index contributed by atoms with van der Waals surface area (Å²) >= 11 is 7.51. The minimum Gasteiger partial charge on any atom is -0.484 e. The first kappa shape index (κ1) is 16.2. The second-order valence-corrected chi connectivity index (χ2v) is 7.02. The third-order valence-electron chi connectivity index (χ3n) is 3.95. The molecular weight excluding hydrogens is 391 g/mol. The molecule has 0 bridgehead atoms. The van der Waals surface area contributed by atoms with Crippen molar-refractivity contribution in [2.24, 2.45) is 0 Å². The van der Waals surface area contributed by atoms with Crippen LogP contribution in [0.5, 0.6) is 5.75 Å². The average molecular weight is 401 g/mol. The number of aromatic nitrogens is 4. The zero-order valence-electron chi connectivity index (χ0n) is 13.6. The Bertz CT molecular complexity index is 1280. The summed E-state index contributed by atoms with van der Waals surface area (Å²) in [6.45, 7) is 0.148. The number of benzene rings is 1. The SMILES string of the molecule is Fc1ccc(OCc2ccc(-c3nc4c5ccsc5ncn4n3)o2)c(Cl)c1. The van der Waals surface area contributed by atoms with Crippen LogP contribution in [0.15, 0.2) is 52.5 Å². The fraction of sp³-hybridized carbons (Fsp3) is 0.0556. The Hall–Kier alpha value is -2.97. The van der Waals surface area contributed by atoms with Crippen molar-refractivity contribution < 1.29 is 13.5 Å². The van der Waals surface area contributed by atoms with Crippen molar-refractivity contribution in [3.05, 3.63) is 64.7 Å². The number of ether oxygens (including phenoxy) is 1. The molecule has 0 fully saturated rings. The normalized spacial score (nSPS) is 11.5. The van der Waals surface area contributed by atoms with Crippen LogP contribution < -0.4 is 4.74 Å². The van der Waals surface area contributed by atoms with E-state index in [1.165, 1.54) is 18.2 Å². The second-order valence-electron chi connectivity index (χ2n) is 5.72. The number of furan rings is 1. The molecule has 0 spiro atoms. The molecule has 0 radical (unpaired) electrons. The van der Waals surface area contributed by atoms with Gasteiger partial charge in [-0.05, 0) is 41.8 Å². The van der Waals surface area contributed by atoms with Gasteiger partial charge >= 0.3 is 0 Å². The van der Waals surface area contributed by atoms with Crippen molar-refractivity contribution >= 4 is 38.8 Å². The first-order chi connectivity index (χ1) is 13.2. The van der Waals surface area contributed by atoms with Crippen LogP contribution in [0.3, 0.4) is 0 Å². The maximum Gasteiger partial charge on any atom is 0.217 e. The Morgan fingerprint density at radius 3 is 3.04 bits per heavy atom. The summed E-state index contributed by atoms with van der Waals surface area (Å²) in [5.41, 5.74) is 0.726. The van der Waals surface area contributed by atoms with Gasteiger partial charge < -0.3 is 9.15 Å². The highest BCUT2D eigenvalue weighted by Gasteiger charge is 2.14. The van der Waals surface area contributed by atoms with Crippen molar-refractivity contribution in [2.75, 3.05) is 0 Å². The van der Waals surface area contributed by atoms with Gasteiger partial charge in [-0.15, -0.1) is 16.4 Å². The first-order valence-electron chi connectivity index (χ1n) is 7.93. The molecule has 0 aliphatic rings. The Labute approximate surface area is 160 Å². The Kier molecular flexibility index (Phi) is 3.80. The van der Waals surface area contributed by atoms with Crippen LogP contribution in [-0.4, -0.2) is 19.6 Å². The van der Waals surface area contributed by atoms with Crippen LogP contribution in [0, 0.1) is 5.82 Å². The van der Waals surface area contributed by atoms with Gasteiger partial charge in [0.05, 0.1) is 10.4 Å². The summed E-state index contributed by atoms with van der Waals surface area (Å²) in [7, 11) is 0. The van der Waals surface area contributed by atoms with E-state index in [2.05, 4.69) is 15.1 Å². The van der Waals surface area contributed by atoms with Gasteiger partial charge in [0.2, 0.25) is 5.82 Å². The average Bonchev–Trinajstić information content (AvgIpc) is 3.38. The van der Waals surface area contributed by atoms with E-state index in [1.807, 2.05) is 11.4 Å². The van der Waals surface area contributed by atoms with Crippen LogP contribution in [0.2, 0.25) is 5.02 Å². The number of hydrogen-bond donors (Lipinski definition) is 0. The smallest absolute Gasteiger partial charge is 0.217 e. The molecular formula is C18H10ClFN4O2S. The zero-order chi connectivity index (χ0) is 18.4. The molecule has 4 heterocycles. The van der Waals surface area contributed by atoms with Crippen LogP contribution in [-0.2, 0) is 6.61 Å². The number of thiophene rings is 1. The van der Waals surface area contributed by atoms with E-state index in [0.29, 0.717) is 23.1 Å². The molecule has 4 aromatic heterocycles. The van der Waals surface area contributed by atoms with Crippen LogP contribution in [0.4, 0.5) is 4.39 Å². The summed E-state index contributed by atoms with van der Waals surface area (Å²) in [6, 6.07) is 9.48. The predicted octanol–water partition coefficient (Wildman–Crippen LogP) is 4.97. The maximum atomic E-state index is 13.1. The summed E-state index contributed by atoms with van der Waals surface area (Å²) in [5.74, 6) is 1.52. The minimum atomic E-state index is -0.417. The monoisotopic (exact) mass is 400 g/mol. The molecule has 0 N–H and O–H groups in total. The lowest BCUT2D eigenvalue weighted by atomic mass is 10.3. The van der Waals surface area contributed by atoms with Gasteiger partial charge in [-0.3, -0.25) is 0 Å². The molecule has 0 amide bonds. The summed E-state index contributed by atoms with van der Waals surface area (Å²) in [4.78, 5) is 9.82. The minimum absolute atomic E-state index is 0.148. The summed E-state index contributed by atoms with van der Waals surface area (Å²) in [5, 5.41) is 7.54. The standard InChI is InChI=1S/C18H10ClFN4O2S/c19-13-7-10(20)1-3-14(13)25-8-11-2-4-15(26-11)16-22-17-12-5-6-27-18(12)21-9-24(17)23-16/h1-7,9H,8H2. The van der Waals surface area contributed by atoms with Crippen molar-refractivity contribution in [2.45, 2.75) is 6.61 Å². The van der Waals surface area contributed by atoms with Crippen molar-refractivity contribution in [3.8, 4) is 17.3 Å². The van der Waals surface area contributed by atoms with E-state index in [0.717, 1.165) is 15.9 Å². The van der Waals surface area contributed by atoms with Gasteiger partial charge in [0.25, 0.3) is 0 Å². The van der Waals surface area contributed by atoms with Crippen molar-refractivity contribution in [1.82, 2.24) is 19.6 Å². The molecule has 5 aromatic rings. The van der Waals surface area contributed by atoms with Gasteiger partial charge in [-0.1, -0.05) is 11.6 Å². The second kappa shape index (κ2) is 6.33. The van der Waals surface area contributed by atoms with Gasteiger partial charge in [-0.2, -0.15) is 0 Å². The van der Waals surface area contributed by atoms with E-state index in [-0.39, 0.29) is 11.6 Å². The lowest BCUT2D eigenvalue weighted by Crippen LogP contribution is -1.94.